The molecule has 0 atom stereocenters. The van der Waals surface area contributed by atoms with E-state index in [9.17, 15) is 4.79 Å². The number of hydrazone groups is 1. The minimum absolute atomic E-state index is 0.320. The first-order valence-corrected chi connectivity index (χ1v) is 8.17. The molecule has 0 spiro atoms. The van der Waals surface area contributed by atoms with Gasteiger partial charge in [0.25, 0.3) is 5.91 Å². The van der Waals surface area contributed by atoms with Crippen LogP contribution in [0.3, 0.4) is 0 Å². The van der Waals surface area contributed by atoms with Gasteiger partial charge in [0.2, 0.25) is 0 Å². The molecule has 0 radical (unpaired) electrons. The Bertz CT molecular complexity index is 806. The lowest BCUT2D eigenvalue weighted by Crippen LogP contribution is -2.20. The molecule has 5 nitrogen and oxygen atoms in total. The minimum Gasteiger partial charge on any atom is -0.276 e. The number of carbonyl (C=O) groups is 1. The first-order chi connectivity index (χ1) is 11.3. The van der Waals surface area contributed by atoms with Crippen LogP contribution in [0.15, 0.2) is 59.0 Å². The van der Waals surface area contributed by atoms with Gasteiger partial charge in [0, 0.05) is 0 Å². The Morgan fingerprint density at radius 3 is 2.78 bits per heavy atom. The summed E-state index contributed by atoms with van der Waals surface area (Å²) in [6, 6.07) is 15.4. The van der Waals surface area contributed by atoms with Crippen LogP contribution in [0.25, 0.3) is 10.6 Å². The molecule has 2 aromatic heterocycles. The summed E-state index contributed by atoms with van der Waals surface area (Å²) < 4.78 is 0. The number of hydrogen-bond acceptors (Lipinski definition) is 4. The van der Waals surface area contributed by atoms with Crippen molar-refractivity contribution < 1.29 is 4.79 Å². The Hall–Kier alpha value is -2.73. The molecule has 3 rings (SSSR count). The molecule has 0 bridgehead atoms. The highest BCUT2D eigenvalue weighted by atomic mass is 32.1. The molecule has 6 heteroatoms. The van der Waals surface area contributed by atoms with Crippen LogP contribution < -0.4 is 5.43 Å². The Morgan fingerprint density at radius 1 is 1.26 bits per heavy atom. The molecule has 3 aromatic rings. The molecule has 23 heavy (non-hydrogen) atoms. The number of H-pyrrole nitrogens is 1. The summed E-state index contributed by atoms with van der Waals surface area (Å²) in [6.45, 7) is 2.00. The van der Waals surface area contributed by atoms with Crippen molar-refractivity contribution >= 4 is 23.0 Å². The number of amides is 1. The summed E-state index contributed by atoms with van der Waals surface area (Å²) in [4.78, 5) is 13.2. The Balaban J connectivity index is 1.73. The number of rotatable bonds is 5. The van der Waals surface area contributed by atoms with E-state index in [-0.39, 0.29) is 5.91 Å². The number of benzene rings is 1. The molecule has 0 saturated heterocycles. The van der Waals surface area contributed by atoms with Crippen LogP contribution in [0, 0.1) is 0 Å². The van der Waals surface area contributed by atoms with Crippen LogP contribution in [-0.2, 0) is 0 Å². The van der Waals surface area contributed by atoms with Crippen molar-refractivity contribution in [1.29, 1.82) is 0 Å². The van der Waals surface area contributed by atoms with Crippen LogP contribution in [-0.4, -0.2) is 21.8 Å². The average Bonchev–Trinajstić information content (AvgIpc) is 3.27. The summed E-state index contributed by atoms with van der Waals surface area (Å²) in [5.74, 6) is -0.328. The number of carbonyl (C=O) groups excluding carboxylic acids is 1. The van der Waals surface area contributed by atoms with E-state index in [0.29, 0.717) is 5.69 Å². The smallest absolute Gasteiger partial charge is 0.276 e. The SMILES string of the molecule is CC/C(=N\NC(=O)c1cc(-c2cccs2)[nH]n1)c1ccccc1. The van der Waals surface area contributed by atoms with Crippen molar-refractivity contribution in [2.75, 3.05) is 0 Å². The summed E-state index contributed by atoms with van der Waals surface area (Å²) in [6.07, 6.45) is 0.727. The summed E-state index contributed by atoms with van der Waals surface area (Å²) >= 11 is 1.59. The second-order valence-corrected chi connectivity index (χ2v) is 5.81. The maximum Gasteiger partial charge on any atom is 0.291 e. The van der Waals surface area contributed by atoms with E-state index < -0.39 is 0 Å². The topological polar surface area (TPSA) is 70.1 Å². The predicted octanol–water partition coefficient (Wildman–Crippen LogP) is 3.68. The van der Waals surface area contributed by atoms with E-state index in [1.165, 1.54) is 0 Å². The molecule has 0 aliphatic carbocycles. The lowest BCUT2D eigenvalue weighted by atomic mass is 10.1. The van der Waals surface area contributed by atoms with Crippen LogP contribution in [0.5, 0.6) is 0 Å². The minimum atomic E-state index is -0.328. The van der Waals surface area contributed by atoms with E-state index in [4.69, 9.17) is 0 Å². The highest BCUT2D eigenvalue weighted by Crippen LogP contribution is 2.22. The maximum absolute atomic E-state index is 12.2. The summed E-state index contributed by atoms with van der Waals surface area (Å²) in [5.41, 5.74) is 5.55. The quantitative estimate of drug-likeness (QED) is 0.555. The molecule has 116 valence electrons. The number of nitrogens with zero attached hydrogens (tertiary/aromatic N) is 2. The van der Waals surface area contributed by atoms with E-state index >= 15 is 0 Å². The first kappa shape index (κ1) is 15.2. The molecule has 0 fully saturated rings. The average molecular weight is 324 g/mol. The fraction of sp³-hybridized carbons (Fsp3) is 0.118. The van der Waals surface area contributed by atoms with Crippen molar-refractivity contribution in [3.8, 4) is 10.6 Å². The van der Waals surface area contributed by atoms with E-state index in [2.05, 4.69) is 20.7 Å². The van der Waals surface area contributed by atoms with Crippen molar-refractivity contribution in [1.82, 2.24) is 15.6 Å². The molecular formula is C17H16N4OS. The number of hydrogen-bond donors (Lipinski definition) is 2. The van der Waals surface area contributed by atoms with Gasteiger partial charge in [0.15, 0.2) is 5.69 Å². The zero-order valence-corrected chi connectivity index (χ0v) is 13.4. The van der Waals surface area contributed by atoms with Gasteiger partial charge in [0.1, 0.15) is 0 Å². The summed E-state index contributed by atoms with van der Waals surface area (Å²) in [5, 5.41) is 13.1. The number of nitrogens with one attached hydrogen (secondary N) is 2. The molecule has 0 saturated carbocycles. The standard InChI is InChI=1S/C17H16N4OS/c1-2-13(12-7-4-3-5-8-12)18-21-17(22)15-11-14(19-20-15)16-9-6-10-23-16/h3-11H,2H2,1H3,(H,19,20)(H,21,22)/b18-13+. The van der Waals surface area contributed by atoms with Gasteiger partial charge in [-0.05, 0) is 29.5 Å². The molecule has 1 amide bonds. The highest BCUT2D eigenvalue weighted by Gasteiger charge is 2.12. The third kappa shape index (κ3) is 3.54. The van der Waals surface area contributed by atoms with E-state index in [0.717, 1.165) is 28.3 Å². The van der Waals surface area contributed by atoms with Gasteiger partial charge in [-0.25, -0.2) is 5.43 Å². The van der Waals surface area contributed by atoms with Gasteiger partial charge < -0.3 is 0 Å². The van der Waals surface area contributed by atoms with Crippen LogP contribution in [0.4, 0.5) is 0 Å². The van der Waals surface area contributed by atoms with E-state index in [1.54, 1.807) is 17.4 Å². The van der Waals surface area contributed by atoms with Crippen LogP contribution >= 0.6 is 11.3 Å². The Kier molecular flexibility index (Phi) is 4.63. The van der Waals surface area contributed by atoms with Crippen molar-refractivity contribution in [2.45, 2.75) is 13.3 Å². The molecule has 0 aliphatic heterocycles. The van der Waals surface area contributed by atoms with Gasteiger partial charge >= 0.3 is 0 Å². The van der Waals surface area contributed by atoms with Crippen molar-refractivity contribution in [3.63, 3.8) is 0 Å². The van der Waals surface area contributed by atoms with Gasteiger partial charge in [-0.2, -0.15) is 10.2 Å². The number of aromatic amines is 1. The lowest BCUT2D eigenvalue weighted by molar-refractivity contribution is 0.0950. The Labute approximate surface area is 138 Å². The molecule has 0 aliphatic rings. The zero-order valence-electron chi connectivity index (χ0n) is 12.6. The number of aromatic nitrogens is 2. The third-order valence-electron chi connectivity index (χ3n) is 3.33. The lowest BCUT2D eigenvalue weighted by Gasteiger charge is -2.03. The van der Waals surface area contributed by atoms with Crippen molar-refractivity contribution in [3.05, 3.63) is 65.2 Å². The molecule has 1 aromatic carbocycles. The largest absolute Gasteiger partial charge is 0.291 e. The monoisotopic (exact) mass is 324 g/mol. The zero-order chi connectivity index (χ0) is 16.1. The maximum atomic E-state index is 12.2. The van der Waals surface area contributed by atoms with Gasteiger partial charge in [0.05, 0.1) is 16.3 Å². The number of thiophene rings is 1. The second-order valence-electron chi connectivity index (χ2n) is 4.86. The fourth-order valence-corrected chi connectivity index (χ4v) is 2.84. The van der Waals surface area contributed by atoms with Crippen molar-refractivity contribution in [2.24, 2.45) is 5.10 Å². The molecule has 0 unspecified atom stereocenters. The predicted molar refractivity (Wildman–Crippen MR) is 92.6 cm³/mol. The fourth-order valence-electron chi connectivity index (χ4n) is 2.15. The second kappa shape index (κ2) is 7.02. The highest BCUT2D eigenvalue weighted by molar-refractivity contribution is 7.13. The van der Waals surface area contributed by atoms with Gasteiger partial charge in [-0.1, -0.05) is 43.3 Å². The third-order valence-corrected chi connectivity index (χ3v) is 4.23. The van der Waals surface area contributed by atoms with E-state index in [1.807, 2.05) is 54.8 Å². The molecule has 2 heterocycles. The van der Waals surface area contributed by atoms with Crippen LogP contribution in [0.2, 0.25) is 0 Å². The first-order valence-electron chi connectivity index (χ1n) is 7.29. The summed E-state index contributed by atoms with van der Waals surface area (Å²) in [7, 11) is 0. The normalized spacial score (nSPS) is 11.4. The molecule has 2 N–H and O–H groups in total. The van der Waals surface area contributed by atoms with Crippen LogP contribution in [0.1, 0.15) is 29.4 Å². The Morgan fingerprint density at radius 2 is 2.09 bits per heavy atom. The van der Waals surface area contributed by atoms with Gasteiger partial charge in [-0.3, -0.25) is 9.89 Å². The van der Waals surface area contributed by atoms with Gasteiger partial charge in [-0.15, -0.1) is 11.3 Å². The molecular weight excluding hydrogens is 308 g/mol.